The Morgan fingerprint density at radius 2 is 0.727 bits per heavy atom. The van der Waals surface area contributed by atoms with E-state index in [1.54, 1.807) is 35.4 Å². The number of aromatic amines is 1. The zero-order valence-electron chi connectivity index (χ0n) is 70.8. The van der Waals surface area contributed by atoms with E-state index >= 15 is 0 Å². The van der Waals surface area contributed by atoms with Gasteiger partial charge < -0.3 is 96.6 Å². The first kappa shape index (κ1) is 99.6. The predicted octanol–water partition coefficient (Wildman–Crippen LogP) is 3.69. The first-order valence-corrected chi connectivity index (χ1v) is 40.0. The molecule has 0 saturated carbocycles. The number of aryl methyl sites for hydroxylation is 1. The molecule has 652 valence electrons. The fourth-order valence-corrected chi connectivity index (χ4v) is 16.3. The first-order chi connectivity index (χ1) is 56.4. The maximum Gasteiger partial charge on any atom is 1.00 e. The number of esters is 1. The van der Waals surface area contributed by atoms with Gasteiger partial charge in [-0.05, 0) is 143 Å². The molecule has 10 fully saturated rings. The number of aliphatic carboxylic acids is 1. The number of nitrogens with one attached hydrogen (secondary N) is 4. The fourth-order valence-electron chi connectivity index (χ4n) is 16.3. The van der Waals surface area contributed by atoms with Gasteiger partial charge >= 0.3 is 69.3 Å². The van der Waals surface area contributed by atoms with E-state index in [4.69, 9.17) is 29.2 Å². The monoisotopic (exact) mass is 1700 g/mol. The number of H-pyrrole nitrogens is 1. The van der Waals surface area contributed by atoms with Gasteiger partial charge in [-0.15, -0.1) is 0 Å². The fraction of sp³-hybridized carbons (Fsp3) is 0.511. The Balaban J connectivity index is 0.000000222. The third kappa shape index (κ3) is 25.7. The number of methoxy groups -OCH3 is 5. The van der Waals surface area contributed by atoms with Crippen LogP contribution in [0.15, 0.2) is 114 Å². The van der Waals surface area contributed by atoms with Gasteiger partial charge in [0.05, 0.1) is 74.6 Å². The Bertz CT molecular complexity index is 4260. The van der Waals surface area contributed by atoms with Gasteiger partial charge in [0.25, 0.3) is 0 Å². The summed E-state index contributed by atoms with van der Waals surface area (Å²) >= 11 is 0. The van der Waals surface area contributed by atoms with Crippen LogP contribution in [0, 0.1) is 47.8 Å². The van der Waals surface area contributed by atoms with Gasteiger partial charge in [0.1, 0.15) is 23.0 Å². The summed E-state index contributed by atoms with van der Waals surface area (Å²) in [6, 6.07) is 33.4. The number of carbonyl (C=O) groups excluding carboxylic acids is 11. The van der Waals surface area contributed by atoms with Crippen LogP contribution in [0.1, 0.15) is 144 Å². The van der Waals surface area contributed by atoms with Crippen LogP contribution in [0.25, 0.3) is 0 Å². The Hall–Kier alpha value is -10.2. The number of nitrogens with zero attached hydrogens (tertiary/aromatic N) is 7. The van der Waals surface area contributed by atoms with Crippen molar-refractivity contribution in [3.63, 3.8) is 0 Å². The van der Waals surface area contributed by atoms with Gasteiger partial charge in [-0.3, -0.25) is 62.3 Å². The number of ether oxygens (including phenoxy) is 5. The number of carboxylic acids is 2. The van der Waals surface area contributed by atoms with Crippen LogP contribution in [0.5, 0.6) is 23.0 Å². The summed E-state index contributed by atoms with van der Waals surface area (Å²) in [7, 11) is 7.88. The zero-order chi connectivity index (χ0) is 85.7. The number of pyridine rings is 1. The molecule has 0 aliphatic carbocycles. The number of likely N-dealkylation sites (tertiary alicyclic amines) is 7. The molecule has 10 amide bonds. The number of hydrogen-bond donors (Lipinski definition) is 6. The number of β-lactam (4-membered cyclic amide) rings is 4. The number of rotatable bonds is 18. The van der Waals surface area contributed by atoms with Crippen molar-refractivity contribution in [2.75, 3.05) is 121 Å². The van der Waals surface area contributed by atoms with Gasteiger partial charge in [-0.2, -0.15) is 0 Å². The Kier molecular flexibility index (Phi) is 37.5. The third-order valence-electron chi connectivity index (χ3n) is 23.3. The molecule has 0 radical (unpaired) electrons. The van der Waals surface area contributed by atoms with Crippen LogP contribution in [0.3, 0.4) is 0 Å². The topological polar surface area (TPSA) is 400 Å². The molecule has 121 heavy (non-hydrogen) atoms. The molecule has 10 aliphatic heterocycles. The van der Waals surface area contributed by atoms with Crippen molar-refractivity contribution < 1.29 is 148 Å². The molecule has 4 aromatic carbocycles. The van der Waals surface area contributed by atoms with E-state index in [0.29, 0.717) is 136 Å². The molecule has 10 aliphatic rings. The molecule has 6 N–H and O–H groups in total. The summed E-state index contributed by atoms with van der Waals surface area (Å²) in [6.07, 6.45) is 6.26. The average Bonchev–Trinajstić information content (AvgIpc) is 0.744. The number of aromatic nitrogens is 1. The number of benzene rings is 4. The van der Waals surface area contributed by atoms with Gasteiger partial charge in [-0.25, -0.2) is 4.79 Å². The van der Waals surface area contributed by atoms with Gasteiger partial charge in [0.15, 0.2) is 0 Å². The Morgan fingerprint density at radius 3 is 0.975 bits per heavy atom. The van der Waals surface area contributed by atoms with E-state index in [1.807, 2.05) is 152 Å². The summed E-state index contributed by atoms with van der Waals surface area (Å²) in [4.78, 5) is 177. The SMILES string of the molecule is C.CCN1CCC2(CC1=O)CN(Cc1ccc(OC)cc1)C2=O.CCN1CCC2(CC1=O)CN(Cc1ccc(OC)cc1)C2=O.CCN1CCC2(CC1=O)CN(Cc1ccc(OC)cc1)C2=O.COC(=O)C1CCNC(=O)C1.COc1ccc(CN2CC3(CCNC(=O)C3)C2=O)cc1.Cc1cc(C(=O)O)cc(=O)[nH]1.O=C1CC(C(=O)O)CCN1.[CH3-].[K+]. The number of aromatic carboxylic acids is 1. The normalized spacial score (nSPS) is 22.8. The van der Waals surface area contributed by atoms with Crippen LogP contribution >= 0.6 is 0 Å². The Morgan fingerprint density at radius 1 is 0.421 bits per heavy atom. The first-order valence-electron chi connectivity index (χ1n) is 40.0. The van der Waals surface area contributed by atoms with Crippen molar-refractivity contribution in [2.24, 2.45) is 33.5 Å². The minimum absolute atomic E-state index is 0. The van der Waals surface area contributed by atoms with Crippen molar-refractivity contribution in [3.8, 4) is 23.0 Å². The van der Waals surface area contributed by atoms with Crippen LogP contribution in [0.4, 0.5) is 0 Å². The van der Waals surface area contributed by atoms with E-state index in [9.17, 15) is 67.1 Å². The van der Waals surface area contributed by atoms with E-state index in [2.05, 4.69) is 25.7 Å². The predicted molar refractivity (Wildman–Crippen MR) is 443 cm³/mol. The molecular formula is C88H118KN11O21. The van der Waals surface area contributed by atoms with Crippen LogP contribution < -0.4 is 91.8 Å². The maximum absolute atomic E-state index is 12.5. The molecule has 10 saturated heterocycles. The van der Waals surface area contributed by atoms with Crippen molar-refractivity contribution in [3.05, 3.63) is 160 Å². The van der Waals surface area contributed by atoms with Crippen LogP contribution in [-0.2, 0) is 88.5 Å². The van der Waals surface area contributed by atoms with Gasteiger partial charge in [0, 0.05) is 162 Å². The second-order valence-corrected chi connectivity index (χ2v) is 31.3. The zero-order valence-corrected chi connectivity index (χ0v) is 74.0. The molecule has 4 spiro atoms. The smallest absolute Gasteiger partial charge is 0.497 e. The average molecular weight is 1710 g/mol. The molecule has 1 aromatic heterocycles. The quantitative estimate of drug-likeness (QED) is 0.0315. The van der Waals surface area contributed by atoms with E-state index in [0.717, 1.165) is 96.6 Å². The molecule has 32 nitrogen and oxygen atoms in total. The van der Waals surface area contributed by atoms with Gasteiger partial charge in [-0.1, -0.05) is 56.0 Å². The largest absolute Gasteiger partial charge is 1.00 e. The standard InChI is InChI=1S/3C17H22N2O3.C15H18N2O3.C7H7NO3.C7H11NO3.C6H9NO3.CH4.CH3.K/c3*1-3-18-9-8-17(10-15(18)20)12-19(16(17)21)11-13-4-6-14(22-2)7-5-13;1-20-12-4-2-11(3-5-12)9-17-10-15(14(17)19)6-7-16-13(18)8-15;1-4-2-5(7(10)11)3-6(9)8-4;1-11-7(10)5-2-3-8-6(9)4-5;8-5-3-4(6(9)10)1-2-7-5;;;/h3*4-7H,3,8-12H2,1-2H3;2-5H,6-10H2,1H3,(H,16,18);2-3H,1H3,(H,8,9)(H,10,11);5H,2-4H2,1H3,(H,8,9);4H,1-3H2,(H,7,8)(H,9,10);1H4;1H3;/q;;;;;;;;-1;+1. The second kappa shape index (κ2) is 45.6. The Labute approximate surface area is 750 Å². The van der Waals surface area contributed by atoms with Crippen molar-refractivity contribution in [1.29, 1.82) is 0 Å². The van der Waals surface area contributed by atoms with E-state index in [-0.39, 0.29) is 161 Å². The minimum Gasteiger partial charge on any atom is -0.497 e. The summed E-state index contributed by atoms with van der Waals surface area (Å²) < 4.78 is 25.0. The molecule has 11 heterocycles. The molecular weight excluding hydrogens is 1590 g/mol. The molecule has 33 heteroatoms. The van der Waals surface area contributed by atoms with Crippen molar-refractivity contribution >= 4 is 77.0 Å². The van der Waals surface area contributed by atoms with E-state index in [1.165, 1.54) is 13.2 Å². The molecule has 6 atom stereocenters. The maximum atomic E-state index is 12.5. The number of piperidine rings is 6. The molecule has 5 aromatic rings. The van der Waals surface area contributed by atoms with Gasteiger partial charge in [0.2, 0.25) is 64.6 Å². The number of carbonyl (C=O) groups is 13. The number of carboxylic acid groups (broad SMARTS) is 2. The number of amides is 10. The second-order valence-electron chi connectivity index (χ2n) is 31.3. The molecule has 15 rings (SSSR count). The van der Waals surface area contributed by atoms with Crippen LogP contribution in [-0.4, -0.2) is 247 Å². The summed E-state index contributed by atoms with van der Waals surface area (Å²) in [5.41, 5.74) is 2.83. The molecule has 0 bridgehead atoms. The summed E-state index contributed by atoms with van der Waals surface area (Å²) in [5, 5.41) is 24.9. The van der Waals surface area contributed by atoms with Crippen molar-refractivity contribution in [1.82, 2.24) is 55.2 Å². The minimum atomic E-state index is -1.08. The summed E-state index contributed by atoms with van der Waals surface area (Å²) in [5.74, 6) is 0.964. The number of hydrogen-bond acceptors (Lipinski definition) is 19. The van der Waals surface area contributed by atoms with Crippen LogP contribution in [0.2, 0.25) is 0 Å². The van der Waals surface area contributed by atoms with E-state index < -0.39 is 39.5 Å². The van der Waals surface area contributed by atoms with Crippen molar-refractivity contribution in [2.45, 2.75) is 138 Å². The third-order valence-corrected chi connectivity index (χ3v) is 23.3. The summed E-state index contributed by atoms with van der Waals surface area (Å²) in [6.45, 7) is 18.8. The molecule has 6 unspecified atom stereocenters.